The first-order chi connectivity index (χ1) is 22.0. The van der Waals surface area contributed by atoms with Gasteiger partial charge < -0.3 is 29.2 Å². The van der Waals surface area contributed by atoms with Gasteiger partial charge in [0.25, 0.3) is 0 Å². The maximum absolute atomic E-state index is 11.5. The summed E-state index contributed by atoms with van der Waals surface area (Å²) >= 11 is 0. The van der Waals surface area contributed by atoms with E-state index >= 15 is 0 Å². The Hall–Kier alpha value is -4.74. The number of aliphatic carboxylic acids is 2. The van der Waals surface area contributed by atoms with Gasteiger partial charge in [-0.2, -0.15) is 0 Å². The fraction of sp³-hybridized carbons (Fsp3) is 0.471. The summed E-state index contributed by atoms with van der Waals surface area (Å²) < 4.78 is 19.4. The van der Waals surface area contributed by atoms with Crippen LogP contribution in [0.4, 0.5) is 0 Å². The zero-order valence-corrected chi connectivity index (χ0v) is 27.1. The lowest BCUT2D eigenvalue weighted by Crippen LogP contribution is -2.13. The average Bonchev–Trinajstić information content (AvgIpc) is 3.03. The molecule has 2 N–H and O–H groups in total. The lowest BCUT2D eigenvalue weighted by atomic mass is 10.1. The van der Waals surface area contributed by atoms with Crippen LogP contribution < -0.4 is 0 Å². The first-order valence-electron chi connectivity index (χ1n) is 15.3. The minimum Gasteiger partial charge on any atom is -0.481 e. The van der Waals surface area contributed by atoms with Gasteiger partial charge in [0.15, 0.2) is 0 Å². The molecule has 0 spiro atoms. The Balaban J connectivity index is 0.000000663. The summed E-state index contributed by atoms with van der Waals surface area (Å²) in [5, 5.41) is 16.7. The molecule has 0 radical (unpaired) electrons. The average molecular weight is 647 g/mol. The number of carboxylic acids is 2. The van der Waals surface area contributed by atoms with Crippen LogP contribution in [0.15, 0.2) is 48.5 Å². The largest absolute Gasteiger partial charge is 0.481 e. The molecule has 0 saturated heterocycles. The van der Waals surface area contributed by atoms with E-state index in [1.54, 1.807) is 76.2 Å². The minimum absolute atomic E-state index is 0.239. The number of esters is 4. The van der Waals surface area contributed by atoms with Gasteiger partial charge in [-0.3, -0.25) is 9.59 Å². The van der Waals surface area contributed by atoms with Gasteiger partial charge in [-0.15, -0.1) is 0 Å². The topological polar surface area (TPSA) is 180 Å². The second-order valence-electron chi connectivity index (χ2n) is 9.38. The summed E-state index contributed by atoms with van der Waals surface area (Å²) in [7, 11) is 0. The molecule has 0 atom stereocenters. The van der Waals surface area contributed by atoms with E-state index in [9.17, 15) is 28.8 Å². The van der Waals surface area contributed by atoms with Gasteiger partial charge in [0.1, 0.15) is 0 Å². The molecule has 12 nitrogen and oxygen atoms in total. The number of carbonyl (C=O) groups is 6. The molecule has 0 aliphatic carbocycles. The summed E-state index contributed by atoms with van der Waals surface area (Å²) in [6.45, 7) is 7.95. The van der Waals surface area contributed by atoms with Crippen molar-refractivity contribution in [1.29, 1.82) is 0 Å². The standard InChI is InChI=1S/2C12H14O4.C10H18O4/c2*1-3-15-11(13)9-7-5-6-8-10(9)12(14)16-4-2;11-9(12)7-5-3-1-2-4-6-8-10(13)14/h2*5-8H,3-4H2,1-2H3;1-8H2,(H,11,12)(H,13,14). The highest BCUT2D eigenvalue weighted by Crippen LogP contribution is 2.13. The second-order valence-corrected chi connectivity index (χ2v) is 9.38. The van der Waals surface area contributed by atoms with Gasteiger partial charge in [0, 0.05) is 12.8 Å². The number of unbranched alkanes of at least 4 members (excludes halogenated alkanes) is 5. The first-order valence-corrected chi connectivity index (χ1v) is 15.3. The third-order valence-electron chi connectivity index (χ3n) is 5.87. The van der Waals surface area contributed by atoms with Crippen LogP contribution in [0.3, 0.4) is 0 Å². The number of hydrogen-bond donors (Lipinski definition) is 2. The van der Waals surface area contributed by atoms with Gasteiger partial charge in [0.05, 0.1) is 48.7 Å². The van der Waals surface area contributed by atoms with E-state index in [1.165, 1.54) is 0 Å². The molecule has 0 fully saturated rings. The molecule has 254 valence electrons. The molecule has 0 bridgehead atoms. The lowest BCUT2D eigenvalue weighted by molar-refractivity contribution is -0.138. The Bertz CT molecular complexity index is 1070. The Morgan fingerprint density at radius 1 is 0.435 bits per heavy atom. The van der Waals surface area contributed by atoms with Crippen LogP contribution in [-0.2, 0) is 28.5 Å². The molecule has 46 heavy (non-hydrogen) atoms. The van der Waals surface area contributed by atoms with E-state index in [-0.39, 0.29) is 61.5 Å². The van der Waals surface area contributed by atoms with Gasteiger partial charge in [-0.1, -0.05) is 49.9 Å². The van der Waals surface area contributed by atoms with Crippen LogP contribution in [0, 0.1) is 0 Å². The van der Waals surface area contributed by atoms with Gasteiger partial charge in [-0.25, -0.2) is 19.2 Å². The van der Waals surface area contributed by atoms with Gasteiger partial charge in [-0.05, 0) is 64.8 Å². The molecule has 12 heteroatoms. The van der Waals surface area contributed by atoms with Crippen molar-refractivity contribution >= 4 is 35.8 Å². The molecule has 0 aliphatic heterocycles. The number of ether oxygens (including phenoxy) is 4. The van der Waals surface area contributed by atoms with E-state index in [0.29, 0.717) is 0 Å². The molecule has 0 aliphatic rings. The summed E-state index contributed by atoms with van der Waals surface area (Å²) in [6.07, 6.45) is 5.82. The Kier molecular flexibility index (Phi) is 22.9. The van der Waals surface area contributed by atoms with Crippen molar-refractivity contribution in [3.8, 4) is 0 Å². The monoisotopic (exact) mass is 646 g/mol. The molecule has 2 aromatic rings. The lowest BCUT2D eigenvalue weighted by Gasteiger charge is -2.07. The fourth-order valence-electron chi connectivity index (χ4n) is 3.77. The third-order valence-corrected chi connectivity index (χ3v) is 5.87. The van der Waals surface area contributed by atoms with Crippen molar-refractivity contribution in [3.05, 3.63) is 70.8 Å². The molecule has 2 aromatic carbocycles. The molecular weight excluding hydrogens is 600 g/mol. The normalized spacial score (nSPS) is 9.74. The first kappa shape index (κ1) is 41.3. The Morgan fingerprint density at radius 2 is 0.652 bits per heavy atom. The molecule has 0 amide bonds. The summed E-state index contributed by atoms with van der Waals surface area (Å²) in [4.78, 5) is 66.5. The fourth-order valence-corrected chi connectivity index (χ4v) is 3.77. The Labute approximate surface area is 270 Å². The number of benzene rings is 2. The van der Waals surface area contributed by atoms with Gasteiger partial charge >= 0.3 is 35.8 Å². The molecule has 0 aromatic heterocycles. The SMILES string of the molecule is CCOC(=O)c1ccccc1C(=O)OCC.CCOC(=O)c1ccccc1C(=O)OCC.O=C(O)CCCCCCCCC(=O)O. The van der Waals surface area contributed by atoms with Crippen LogP contribution in [-0.4, -0.2) is 72.5 Å². The smallest absolute Gasteiger partial charge is 0.338 e. The molecular formula is C34H46O12. The van der Waals surface area contributed by atoms with Crippen molar-refractivity contribution in [2.24, 2.45) is 0 Å². The van der Waals surface area contributed by atoms with Crippen LogP contribution in [0.1, 0.15) is 120 Å². The number of carboxylic acid groups (broad SMARTS) is 2. The van der Waals surface area contributed by atoms with E-state index in [4.69, 9.17) is 29.2 Å². The van der Waals surface area contributed by atoms with E-state index in [2.05, 4.69) is 0 Å². The molecule has 2 rings (SSSR count). The summed E-state index contributed by atoms with van der Waals surface area (Å²) in [5.41, 5.74) is 0.955. The number of rotatable bonds is 17. The predicted octanol–water partition coefficient (Wildman–Crippen LogP) is 6.36. The highest BCUT2D eigenvalue weighted by atomic mass is 16.5. The van der Waals surface area contributed by atoms with E-state index in [1.807, 2.05) is 0 Å². The highest BCUT2D eigenvalue weighted by molar-refractivity contribution is 6.03. The van der Waals surface area contributed by atoms with E-state index < -0.39 is 35.8 Å². The quantitative estimate of drug-likeness (QED) is 0.111. The molecule has 0 heterocycles. The molecule has 0 saturated carbocycles. The molecule has 0 unspecified atom stereocenters. The zero-order chi connectivity index (χ0) is 34.7. The maximum atomic E-state index is 11.5. The van der Waals surface area contributed by atoms with Crippen LogP contribution in [0.5, 0.6) is 0 Å². The van der Waals surface area contributed by atoms with Crippen LogP contribution >= 0.6 is 0 Å². The summed E-state index contributed by atoms with van der Waals surface area (Å²) in [6, 6.07) is 12.9. The maximum Gasteiger partial charge on any atom is 0.338 e. The summed E-state index contributed by atoms with van der Waals surface area (Å²) in [5.74, 6) is -3.51. The van der Waals surface area contributed by atoms with Crippen LogP contribution in [0.25, 0.3) is 0 Å². The van der Waals surface area contributed by atoms with Crippen LogP contribution in [0.2, 0.25) is 0 Å². The van der Waals surface area contributed by atoms with E-state index in [0.717, 1.165) is 38.5 Å². The van der Waals surface area contributed by atoms with Crippen molar-refractivity contribution in [3.63, 3.8) is 0 Å². The van der Waals surface area contributed by atoms with Crippen molar-refractivity contribution in [1.82, 2.24) is 0 Å². The Morgan fingerprint density at radius 3 is 0.848 bits per heavy atom. The van der Waals surface area contributed by atoms with Crippen molar-refractivity contribution in [2.45, 2.75) is 79.1 Å². The van der Waals surface area contributed by atoms with Crippen molar-refractivity contribution < 1.29 is 57.9 Å². The van der Waals surface area contributed by atoms with Crippen molar-refractivity contribution in [2.75, 3.05) is 26.4 Å². The predicted molar refractivity (Wildman–Crippen MR) is 169 cm³/mol. The zero-order valence-electron chi connectivity index (χ0n) is 27.1. The van der Waals surface area contributed by atoms with Gasteiger partial charge in [0.2, 0.25) is 0 Å². The third kappa shape index (κ3) is 18.2. The highest BCUT2D eigenvalue weighted by Gasteiger charge is 2.19. The number of carbonyl (C=O) groups excluding carboxylic acids is 4. The minimum atomic E-state index is -0.740. The number of hydrogen-bond acceptors (Lipinski definition) is 10. The second kappa shape index (κ2) is 25.6.